The fourth-order valence-electron chi connectivity index (χ4n) is 4.88. The molecule has 2 aliphatic rings. The van der Waals surface area contributed by atoms with E-state index in [2.05, 4.69) is 18.7 Å². The largest absolute Gasteiger partial charge is 0.507 e. The lowest BCUT2D eigenvalue weighted by molar-refractivity contribution is -0.140. The van der Waals surface area contributed by atoms with Crippen LogP contribution in [0.2, 0.25) is 0 Å². The van der Waals surface area contributed by atoms with E-state index in [1.807, 2.05) is 50.2 Å². The van der Waals surface area contributed by atoms with Crippen LogP contribution in [-0.4, -0.2) is 65.5 Å². The van der Waals surface area contributed by atoms with Crippen LogP contribution in [0.25, 0.3) is 5.76 Å². The molecule has 2 aliphatic heterocycles. The zero-order valence-electron chi connectivity index (χ0n) is 20.9. The number of hydrogen-bond donors (Lipinski definition) is 1. The molecule has 1 fully saturated rings. The summed E-state index contributed by atoms with van der Waals surface area (Å²) in [5.41, 5.74) is 2.37. The fraction of sp³-hybridized carbons (Fsp3) is 0.429. The number of nitrogens with zero attached hydrogens (tertiary/aromatic N) is 2. The molecule has 2 aromatic rings. The van der Waals surface area contributed by atoms with Gasteiger partial charge >= 0.3 is 0 Å². The van der Waals surface area contributed by atoms with Gasteiger partial charge in [-0.05, 0) is 68.4 Å². The van der Waals surface area contributed by atoms with Crippen LogP contribution >= 0.6 is 0 Å². The second-order valence-electron chi connectivity index (χ2n) is 8.98. The minimum Gasteiger partial charge on any atom is -0.507 e. The summed E-state index contributed by atoms with van der Waals surface area (Å²) in [7, 11) is 0. The van der Waals surface area contributed by atoms with Crippen LogP contribution in [0.5, 0.6) is 11.5 Å². The van der Waals surface area contributed by atoms with Gasteiger partial charge in [-0.1, -0.05) is 26.0 Å². The number of Topliss-reactive ketones (excluding diaryl/α,β-unsaturated/α-hetero) is 1. The number of likely N-dealkylation sites (N-methyl/N-ethyl adjacent to an activating group) is 1. The van der Waals surface area contributed by atoms with Crippen LogP contribution in [0, 0.1) is 0 Å². The number of carbonyl (C=O) groups is 2. The molecular weight excluding hydrogens is 444 g/mol. The van der Waals surface area contributed by atoms with Crippen LogP contribution in [0.4, 0.5) is 0 Å². The summed E-state index contributed by atoms with van der Waals surface area (Å²) in [5.74, 6) is 0.0950. The van der Waals surface area contributed by atoms with Gasteiger partial charge in [0.2, 0.25) is 0 Å². The Morgan fingerprint density at radius 1 is 1.11 bits per heavy atom. The van der Waals surface area contributed by atoms with Gasteiger partial charge in [0.25, 0.3) is 11.7 Å². The van der Waals surface area contributed by atoms with E-state index in [0.717, 1.165) is 36.4 Å². The summed E-state index contributed by atoms with van der Waals surface area (Å²) < 4.78 is 11.3. The zero-order valence-corrected chi connectivity index (χ0v) is 20.9. The lowest BCUT2D eigenvalue weighted by Crippen LogP contribution is -2.38. The maximum absolute atomic E-state index is 13.3. The first-order valence-corrected chi connectivity index (χ1v) is 12.4. The van der Waals surface area contributed by atoms with Gasteiger partial charge in [0.15, 0.2) is 0 Å². The van der Waals surface area contributed by atoms with Crippen molar-refractivity contribution in [2.75, 3.05) is 32.8 Å². The Kier molecular flexibility index (Phi) is 7.45. The van der Waals surface area contributed by atoms with Gasteiger partial charge in [-0.25, -0.2) is 0 Å². The summed E-state index contributed by atoms with van der Waals surface area (Å²) in [6, 6.07) is 12.1. The Hall–Kier alpha value is -3.32. The summed E-state index contributed by atoms with van der Waals surface area (Å²) in [6.07, 6.45) is 0.800. The first-order valence-electron chi connectivity index (χ1n) is 12.4. The number of benzene rings is 2. The SMILES string of the molecule is CCOc1ccc([C@@H]2C(=C(O)c3ccc4c(c3)C[C@H](C)O4)C(=O)C(=O)N2CCN(CC)CC)cc1. The maximum atomic E-state index is 13.3. The Labute approximate surface area is 206 Å². The highest BCUT2D eigenvalue weighted by atomic mass is 16.5. The number of aliphatic hydroxyl groups is 1. The lowest BCUT2D eigenvalue weighted by atomic mass is 9.94. The van der Waals surface area contributed by atoms with Crippen molar-refractivity contribution in [2.24, 2.45) is 0 Å². The molecule has 7 nitrogen and oxygen atoms in total. The molecule has 0 aromatic heterocycles. The Morgan fingerprint density at radius 2 is 1.83 bits per heavy atom. The number of ketones is 1. The van der Waals surface area contributed by atoms with E-state index in [1.54, 1.807) is 11.0 Å². The van der Waals surface area contributed by atoms with Crippen molar-refractivity contribution in [2.45, 2.75) is 46.3 Å². The van der Waals surface area contributed by atoms with Gasteiger partial charge in [0.05, 0.1) is 18.2 Å². The molecule has 0 spiro atoms. The molecule has 0 radical (unpaired) electrons. The fourth-order valence-corrected chi connectivity index (χ4v) is 4.88. The summed E-state index contributed by atoms with van der Waals surface area (Å²) in [6.45, 7) is 11.3. The molecule has 35 heavy (non-hydrogen) atoms. The van der Waals surface area contributed by atoms with Crippen molar-refractivity contribution < 1.29 is 24.2 Å². The third-order valence-corrected chi connectivity index (χ3v) is 6.77. The molecule has 4 rings (SSSR count). The first-order chi connectivity index (χ1) is 16.9. The highest BCUT2D eigenvalue weighted by molar-refractivity contribution is 6.46. The maximum Gasteiger partial charge on any atom is 0.295 e. The standard InChI is InChI=1S/C28H34N2O5/c1-5-29(6-2)14-15-30-25(19-8-11-22(12-9-19)34-7-3)24(27(32)28(30)33)26(31)20-10-13-23-21(17-20)16-18(4)35-23/h8-13,17-18,25,31H,5-7,14-16H2,1-4H3/t18-,25+/m0/s1. The second kappa shape index (κ2) is 10.5. The van der Waals surface area contributed by atoms with Gasteiger partial charge in [0.1, 0.15) is 23.4 Å². The quantitative estimate of drug-likeness (QED) is 0.331. The Bertz CT molecular complexity index is 1120. The van der Waals surface area contributed by atoms with Gasteiger partial charge < -0.3 is 24.4 Å². The molecular formula is C28H34N2O5. The Balaban J connectivity index is 1.76. The number of hydrogen-bond acceptors (Lipinski definition) is 6. The second-order valence-corrected chi connectivity index (χ2v) is 8.98. The highest BCUT2D eigenvalue weighted by Gasteiger charge is 2.46. The number of carbonyl (C=O) groups excluding carboxylic acids is 2. The monoisotopic (exact) mass is 478 g/mol. The lowest BCUT2D eigenvalue weighted by Gasteiger charge is -2.28. The average Bonchev–Trinajstić information content (AvgIpc) is 3.35. The van der Waals surface area contributed by atoms with E-state index in [4.69, 9.17) is 9.47 Å². The molecule has 2 heterocycles. The van der Waals surface area contributed by atoms with E-state index in [9.17, 15) is 14.7 Å². The van der Waals surface area contributed by atoms with Crippen molar-refractivity contribution in [3.05, 3.63) is 64.7 Å². The number of ether oxygens (including phenoxy) is 2. The molecule has 0 unspecified atom stereocenters. The van der Waals surface area contributed by atoms with Crippen molar-refractivity contribution in [3.63, 3.8) is 0 Å². The van der Waals surface area contributed by atoms with Gasteiger partial charge in [-0.3, -0.25) is 9.59 Å². The molecule has 0 aliphatic carbocycles. The third-order valence-electron chi connectivity index (χ3n) is 6.77. The predicted octanol–water partition coefficient (Wildman–Crippen LogP) is 4.17. The van der Waals surface area contributed by atoms with Crippen LogP contribution in [0.15, 0.2) is 48.0 Å². The molecule has 1 saturated heterocycles. The molecule has 2 atom stereocenters. The number of aliphatic hydroxyl groups excluding tert-OH is 1. The summed E-state index contributed by atoms with van der Waals surface area (Å²) >= 11 is 0. The van der Waals surface area contributed by atoms with E-state index in [1.165, 1.54) is 0 Å². The van der Waals surface area contributed by atoms with E-state index >= 15 is 0 Å². The van der Waals surface area contributed by atoms with E-state index in [-0.39, 0.29) is 17.4 Å². The molecule has 2 aromatic carbocycles. The van der Waals surface area contributed by atoms with Crippen LogP contribution in [0.3, 0.4) is 0 Å². The minimum absolute atomic E-state index is 0.0666. The Morgan fingerprint density at radius 3 is 2.49 bits per heavy atom. The summed E-state index contributed by atoms with van der Waals surface area (Å²) in [5, 5.41) is 11.4. The van der Waals surface area contributed by atoms with Crippen LogP contribution in [-0.2, 0) is 16.0 Å². The smallest absolute Gasteiger partial charge is 0.295 e. The summed E-state index contributed by atoms with van der Waals surface area (Å²) in [4.78, 5) is 30.3. The molecule has 0 bridgehead atoms. The first kappa shape index (κ1) is 24.8. The minimum atomic E-state index is -0.676. The predicted molar refractivity (Wildman–Crippen MR) is 135 cm³/mol. The van der Waals surface area contributed by atoms with Gasteiger partial charge in [-0.2, -0.15) is 0 Å². The molecule has 1 amide bonds. The number of fused-ring (bicyclic) bond motifs is 1. The molecule has 186 valence electrons. The molecule has 7 heteroatoms. The third kappa shape index (κ3) is 4.91. The topological polar surface area (TPSA) is 79.3 Å². The molecule has 1 N–H and O–H groups in total. The van der Waals surface area contributed by atoms with E-state index in [0.29, 0.717) is 31.0 Å². The van der Waals surface area contributed by atoms with Crippen LogP contribution < -0.4 is 9.47 Å². The highest BCUT2D eigenvalue weighted by Crippen LogP contribution is 2.40. The van der Waals surface area contributed by atoms with Crippen molar-refractivity contribution in [1.29, 1.82) is 0 Å². The number of likely N-dealkylation sites (tertiary alicyclic amines) is 1. The average molecular weight is 479 g/mol. The van der Waals surface area contributed by atoms with Crippen LogP contribution in [0.1, 0.15) is 50.4 Å². The molecule has 0 saturated carbocycles. The number of rotatable bonds is 9. The normalized spacial score (nSPS) is 20.9. The van der Waals surface area contributed by atoms with Crippen molar-refractivity contribution >= 4 is 17.4 Å². The van der Waals surface area contributed by atoms with Gasteiger partial charge in [0, 0.05) is 25.1 Å². The van der Waals surface area contributed by atoms with E-state index < -0.39 is 17.7 Å². The zero-order chi connectivity index (χ0) is 25.1. The van der Waals surface area contributed by atoms with Crippen molar-refractivity contribution in [1.82, 2.24) is 9.80 Å². The number of amides is 1. The van der Waals surface area contributed by atoms with Gasteiger partial charge in [-0.15, -0.1) is 0 Å². The van der Waals surface area contributed by atoms with Crippen molar-refractivity contribution in [3.8, 4) is 11.5 Å².